The Balaban J connectivity index is 1.28. The summed E-state index contributed by atoms with van der Waals surface area (Å²) in [5.41, 5.74) is 3.79. The van der Waals surface area contributed by atoms with Crippen LogP contribution in [0.15, 0.2) is 78.9 Å². The second kappa shape index (κ2) is 8.48. The fraction of sp³-hybridized carbons (Fsp3) is 0.130. The molecule has 0 saturated heterocycles. The van der Waals surface area contributed by atoms with Crippen LogP contribution in [0.1, 0.15) is 18.8 Å². The quantitative estimate of drug-likeness (QED) is 0.435. The van der Waals surface area contributed by atoms with Crippen molar-refractivity contribution >= 4 is 28.3 Å². The maximum atomic E-state index is 12.2. The van der Waals surface area contributed by atoms with Crippen LogP contribution in [0.25, 0.3) is 11.0 Å². The molecule has 0 aliphatic carbocycles. The Morgan fingerprint density at radius 3 is 2.41 bits per heavy atom. The Morgan fingerprint density at radius 2 is 1.66 bits per heavy atom. The molecule has 0 spiro atoms. The molecule has 1 aromatic heterocycles. The first-order valence-corrected chi connectivity index (χ1v) is 9.46. The van der Waals surface area contributed by atoms with Crippen LogP contribution < -0.4 is 15.4 Å². The maximum Gasteiger partial charge on any atom is 0.258 e. The minimum atomic E-state index is -0.240. The number of hydrogen-bond acceptors (Lipinski definition) is 4. The lowest BCUT2D eigenvalue weighted by molar-refractivity contribution is -0.123. The van der Waals surface area contributed by atoms with Crippen molar-refractivity contribution in [2.24, 2.45) is 0 Å². The van der Waals surface area contributed by atoms with Crippen molar-refractivity contribution in [1.29, 1.82) is 0 Å². The number of nitrogens with one attached hydrogen (secondary N) is 3. The molecular weight excluding hydrogens is 364 g/mol. The predicted molar refractivity (Wildman–Crippen MR) is 114 cm³/mol. The van der Waals surface area contributed by atoms with Crippen molar-refractivity contribution in [2.75, 3.05) is 11.9 Å². The van der Waals surface area contributed by atoms with Gasteiger partial charge in [0.25, 0.3) is 5.91 Å². The largest absolute Gasteiger partial charge is 0.484 e. The summed E-state index contributed by atoms with van der Waals surface area (Å²) in [5, 5.41) is 6.21. The van der Waals surface area contributed by atoms with Gasteiger partial charge >= 0.3 is 0 Å². The molecule has 29 heavy (non-hydrogen) atoms. The summed E-state index contributed by atoms with van der Waals surface area (Å²) in [6, 6.07) is 25.0. The second-order valence-electron chi connectivity index (χ2n) is 6.73. The highest BCUT2D eigenvalue weighted by Gasteiger charge is 2.14. The molecule has 1 heterocycles. The van der Waals surface area contributed by atoms with Gasteiger partial charge in [0, 0.05) is 11.4 Å². The number of imidazole rings is 1. The number of rotatable bonds is 7. The summed E-state index contributed by atoms with van der Waals surface area (Å²) < 4.78 is 5.60. The van der Waals surface area contributed by atoms with E-state index in [0.29, 0.717) is 5.75 Å². The van der Waals surface area contributed by atoms with Gasteiger partial charge in [-0.05, 0) is 55.5 Å². The van der Waals surface area contributed by atoms with Crippen LogP contribution >= 0.6 is 0 Å². The molecule has 4 rings (SSSR count). The first-order chi connectivity index (χ1) is 14.2. The molecule has 6 nitrogen and oxygen atoms in total. The van der Waals surface area contributed by atoms with E-state index in [9.17, 15) is 4.79 Å². The second-order valence-corrected chi connectivity index (χ2v) is 6.73. The number of nitrogens with zero attached hydrogens (tertiary/aromatic N) is 1. The van der Waals surface area contributed by atoms with E-state index in [1.807, 2.05) is 85.8 Å². The molecule has 0 bridgehead atoms. The topological polar surface area (TPSA) is 79.0 Å². The third-order valence-electron chi connectivity index (χ3n) is 4.48. The Bertz CT molecular complexity index is 1060. The molecular formula is C23H22N4O2. The first kappa shape index (κ1) is 18.6. The number of para-hydroxylation sites is 3. The molecule has 6 heteroatoms. The average molecular weight is 386 g/mol. The van der Waals surface area contributed by atoms with Gasteiger partial charge in [-0.15, -0.1) is 0 Å². The molecule has 4 aromatic rings. The minimum Gasteiger partial charge on any atom is -0.484 e. The van der Waals surface area contributed by atoms with Crippen molar-refractivity contribution in [3.63, 3.8) is 0 Å². The molecule has 146 valence electrons. The number of carbonyl (C=O) groups is 1. The summed E-state index contributed by atoms with van der Waals surface area (Å²) in [4.78, 5) is 20.0. The molecule has 0 aliphatic rings. The average Bonchev–Trinajstić information content (AvgIpc) is 3.19. The van der Waals surface area contributed by atoms with E-state index in [1.165, 1.54) is 0 Å². The Hall–Kier alpha value is -3.80. The number of aromatic nitrogens is 2. The molecule has 3 N–H and O–H groups in total. The van der Waals surface area contributed by atoms with Crippen molar-refractivity contribution < 1.29 is 9.53 Å². The summed E-state index contributed by atoms with van der Waals surface area (Å²) in [5.74, 6) is 1.15. The zero-order valence-corrected chi connectivity index (χ0v) is 16.1. The number of benzene rings is 3. The lowest BCUT2D eigenvalue weighted by Crippen LogP contribution is -2.31. The van der Waals surface area contributed by atoms with Gasteiger partial charge < -0.3 is 20.4 Å². The van der Waals surface area contributed by atoms with Crippen molar-refractivity contribution in [2.45, 2.75) is 13.0 Å². The van der Waals surface area contributed by atoms with Gasteiger partial charge in [-0.3, -0.25) is 4.79 Å². The van der Waals surface area contributed by atoms with Crippen LogP contribution in [0.2, 0.25) is 0 Å². The SMILES string of the molecule is C[C@@H](NC(=O)COc1ccc(Nc2ccccc2)cc1)c1nc2ccccc2[nH]1. The van der Waals surface area contributed by atoms with Crippen LogP contribution in [0.5, 0.6) is 5.75 Å². The van der Waals surface area contributed by atoms with Crippen LogP contribution in [0.4, 0.5) is 11.4 Å². The van der Waals surface area contributed by atoms with Crippen molar-refractivity contribution in [3.05, 3.63) is 84.7 Å². The maximum absolute atomic E-state index is 12.2. The number of carbonyl (C=O) groups excluding carboxylic acids is 1. The van der Waals surface area contributed by atoms with Gasteiger partial charge in [-0.2, -0.15) is 0 Å². The van der Waals surface area contributed by atoms with Crippen molar-refractivity contribution in [3.8, 4) is 5.75 Å². The smallest absolute Gasteiger partial charge is 0.258 e. The fourth-order valence-corrected chi connectivity index (χ4v) is 3.00. The van der Waals surface area contributed by atoms with Gasteiger partial charge in [0.1, 0.15) is 11.6 Å². The Kier molecular flexibility index (Phi) is 5.42. The number of aromatic amines is 1. The van der Waals surface area contributed by atoms with Crippen LogP contribution in [0, 0.1) is 0 Å². The zero-order valence-electron chi connectivity index (χ0n) is 16.1. The fourth-order valence-electron chi connectivity index (χ4n) is 3.00. The van der Waals surface area contributed by atoms with Crippen molar-refractivity contribution in [1.82, 2.24) is 15.3 Å². The monoisotopic (exact) mass is 386 g/mol. The standard InChI is InChI=1S/C23H22N4O2/c1-16(23-26-20-9-5-6-10-21(20)27-23)24-22(28)15-29-19-13-11-18(12-14-19)25-17-7-3-2-4-8-17/h2-14,16,25H,15H2,1H3,(H,24,28)(H,26,27)/t16-/m1/s1. The highest BCUT2D eigenvalue weighted by Crippen LogP contribution is 2.20. The summed E-state index contributed by atoms with van der Waals surface area (Å²) in [6.07, 6.45) is 0. The Morgan fingerprint density at radius 1 is 0.966 bits per heavy atom. The predicted octanol–water partition coefficient (Wildman–Crippen LogP) is 4.56. The lowest BCUT2D eigenvalue weighted by Gasteiger charge is -2.12. The molecule has 0 aliphatic heterocycles. The number of anilines is 2. The van der Waals surface area contributed by atoms with Gasteiger partial charge in [0.15, 0.2) is 6.61 Å². The normalized spacial score (nSPS) is 11.8. The van der Waals surface area contributed by atoms with E-state index in [0.717, 1.165) is 28.2 Å². The molecule has 0 fully saturated rings. The number of hydrogen-bond donors (Lipinski definition) is 3. The van der Waals surface area contributed by atoms with E-state index in [4.69, 9.17) is 4.74 Å². The van der Waals surface area contributed by atoms with Gasteiger partial charge in [0.05, 0.1) is 17.1 Å². The number of ether oxygens (including phenoxy) is 1. The minimum absolute atomic E-state index is 0.0595. The van der Waals surface area contributed by atoms with Crippen LogP contribution in [-0.2, 0) is 4.79 Å². The molecule has 1 atom stereocenters. The number of amides is 1. The van der Waals surface area contributed by atoms with E-state index >= 15 is 0 Å². The molecule has 0 radical (unpaired) electrons. The van der Waals surface area contributed by atoms with Gasteiger partial charge in [-0.1, -0.05) is 30.3 Å². The van der Waals surface area contributed by atoms with E-state index in [-0.39, 0.29) is 18.6 Å². The summed E-state index contributed by atoms with van der Waals surface area (Å²) >= 11 is 0. The van der Waals surface area contributed by atoms with E-state index in [1.54, 1.807) is 0 Å². The molecule has 3 aromatic carbocycles. The molecule has 1 amide bonds. The summed E-state index contributed by atoms with van der Waals surface area (Å²) in [6.45, 7) is 1.83. The van der Waals surface area contributed by atoms with Gasteiger partial charge in [0.2, 0.25) is 0 Å². The van der Waals surface area contributed by atoms with E-state index < -0.39 is 0 Å². The number of H-pyrrole nitrogens is 1. The third kappa shape index (κ3) is 4.73. The van der Waals surface area contributed by atoms with Crippen LogP contribution in [0.3, 0.4) is 0 Å². The highest BCUT2D eigenvalue weighted by atomic mass is 16.5. The third-order valence-corrected chi connectivity index (χ3v) is 4.48. The van der Waals surface area contributed by atoms with Crippen LogP contribution in [-0.4, -0.2) is 22.5 Å². The lowest BCUT2D eigenvalue weighted by atomic mass is 10.2. The first-order valence-electron chi connectivity index (χ1n) is 9.46. The summed E-state index contributed by atoms with van der Waals surface area (Å²) in [7, 11) is 0. The highest BCUT2D eigenvalue weighted by molar-refractivity contribution is 5.78. The number of fused-ring (bicyclic) bond motifs is 1. The molecule has 0 unspecified atom stereocenters. The van der Waals surface area contributed by atoms with Gasteiger partial charge in [-0.25, -0.2) is 4.98 Å². The molecule has 0 saturated carbocycles. The Labute approximate surface area is 168 Å². The van der Waals surface area contributed by atoms with E-state index in [2.05, 4.69) is 20.6 Å². The zero-order chi connectivity index (χ0) is 20.1.